The van der Waals surface area contributed by atoms with Crippen LogP contribution in [-0.2, 0) is 11.3 Å². The number of carbonyl (C=O) groups is 1. The molecule has 0 radical (unpaired) electrons. The third-order valence-electron chi connectivity index (χ3n) is 2.58. The summed E-state index contributed by atoms with van der Waals surface area (Å²) in [6, 6.07) is 4.02. The molecular weight excluding hydrogens is 234 g/mol. The molecule has 1 amide bonds. The Morgan fingerprint density at radius 2 is 2.00 bits per heavy atom. The molecule has 0 fully saturated rings. The van der Waals surface area contributed by atoms with Crippen molar-refractivity contribution in [2.75, 3.05) is 5.32 Å². The second-order valence-electron chi connectivity index (χ2n) is 4.04. The van der Waals surface area contributed by atoms with Crippen LogP contribution in [0.25, 0.3) is 0 Å². The van der Waals surface area contributed by atoms with Crippen LogP contribution in [-0.4, -0.2) is 15.5 Å². The number of anilines is 1. The number of thiazole rings is 1. The molecule has 0 atom stereocenters. The van der Waals surface area contributed by atoms with Crippen molar-refractivity contribution in [1.82, 2.24) is 9.55 Å². The molecule has 0 bridgehead atoms. The SMILES string of the molecule is Cc1csc(NC(=O)Cn2c(C)ccc2C)n1. The van der Waals surface area contributed by atoms with Gasteiger partial charge in [-0.15, -0.1) is 11.3 Å². The fraction of sp³-hybridized carbons (Fsp3) is 0.333. The summed E-state index contributed by atoms with van der Waals surface area (Å²) in [6.07, 6.45) is 0. The van der Waals surface area contributed by atoms with E-state index in [1.54, 1.807) is 0 Å². The van der Waals surface area contributed by atoms with Crippen LogP contribution >= 0.6 is 11.3 Å². The Kier molecular flexibility index (Phi) is 3.28. The van der Waals surface area contributed by atoms with Crippen LogP contribution < -0.4 is 5.32 Å². The molecule has 0 aliphatic carbocycles. The minimum atomic E-state index is -0.0400. The summed E-state index contributed by atoms with van der Waals surface area (Å²) in [4.78, 5) is 16.0. The highest BCUT2D eigenvalue weighted by Crippen LogP contribution is 2.14. The fourth-order valence-corrected chi connectivity index (χ4v) is 2.37. The lowest BCUT2D eigenvalue weighted by Gasteiger charge is -2.08. The number of hydrogen-bond acceptors (Lipinski definition) is 3. The standard InChI is InChI=1S/C12H15N3OS/c1-8-7-17-12(13-8)14-11(16)6-15-9(2)4-5-10(15)3/h4-5,7H,6H2,1-3H3,(H,13,14,16). The lowest BCUT2D eigenvalue weighted by atomic mass is 10.4. The number of nitrogens with zero attached hydrogens (tertiary/aromatic N) is 2. The lowest BCUT2D eigenvalue weighted by molar-refractivity contribution is -0.116. The van der Waals surface area contributed by atoms with Crippen LogP contribution in [0.4, 0.5) is 5.13 Å². The Labute approximate surface area is 104 Å². The van der Waals surface area contributed by atoms with Gasteiger partial charge in [0.15, 0.2) is 5.13 Å². The minimum absolute atomic E-state index is 0.0400. The van der Waals surface area contributed by atoms with Gasteiger partial charge in [-0.1, -0.05) is 0 Å². The second kappa shape index (κ2) is 4.71. The Hall–Kier alpha value is -1.62. The molecule has 0 aliphatic rings. The van der Waals surface area contributed by atoms with Crippen LogP contribution in [0.1, 0.15) is 17.1 Å². The van der Waals surface area contributed by atoms with Gasteiger partial charge in [0.2, 0.25) is 5.91 Å². The number of aromatic nitrogens is 2. The summed E-state index contributed by atoms with van der Waals surface area (Å²) in [5.74, 6) is -0.0400. The van der Waals surface area contributed by atoms with Crippen molar-refractivity contribution in [3.8, 4) is 0 Å². The predicted octanol–water partition coefficient (Wildman–Crippen LogP) is 2.51. The normalized spacial score (nSPS) is 10.5. The fourth-order valence-electron chi connectivity index (χ4n) is 1.66. The van der Waals surface area contributed by atoms with Crippen molar-refractivity contribution >= 4 is 22.4 Å². The first-order valence-corrected chi connectivity index (χ1v) is 6.29. The smallest absolute Gasteiger partial charge is 0.246 e. The topological polar surface area (TPSA) is 46.9 Å². The first-order valence-electron chi connectivity index (χ1n) is 5.41. The molecule has 2 aromatic rings. The minimum Gasteiger partial charge on any atom is -0.340 e. The predicted molar refractivity (Wildman–Crippen MR) is 69.4 cm³/mol. The molecule has 0 saturated carbocycles. The molecule has 4 nitrogen and oxygen atoms in total. The van der Waals surface area contributed by atoms with Crippen molar-refractivity contribution in [3.63, 3.8) is 0 Å². The molecule has 0 saturated heterocycles. The Morgan fingerprint density at radius 1 is 1.35 bits per heavy atom. The molecule has 5 heteroatoms. The van der Waals surface area contributed by atoms with Gasteiger partial charge >= 0.3 is 0 Å². The summed E-state index contributed by atoms with van der Waals surface area (Å²) in [5, 5.41) is 5.38. The zero-order valence-corrected chi connectivity index (χ0v) is 11.0. The average molecular weight is 249 g/mol. The lowest BCUT2D eigenvalue weighted by Crippen LogP contribution is -2.19. The maximum Gasteiger partial charge on any atom is 0.246 e. The second-order valence-corrected chi connectivity index (χ2v) is 4.90. The van der Waals surface area contributed by atoms with Crippen molar-refractivity contribution in [1.29, 1.82) is 0 Å². The van der Waals surface area contributed by atoms with Crippen LogP contribution in [0.5, 0.6) is 0 Å². The molecule has 0 unspecified atom stereocenters. The monoisotopic (exact) mass is 249 g/mol. The number of nitrogens with one attached hydrogen (secondary N) is 1. The molecule has 90 valence electrons. The third-order valence-corrected chi connectivity index (χ3v) is 3.46. The number of amides is 1. The van der Waals surface area contributed by atoms with E-state index in [1.807, 2.05) is 42.9 Å². The van der Waals surface area contributed by atoms with E-state index in [-0.39, 0.29) is 5.91 Å². The van der Waals surface area contributed by atoms with Crippen LogP contribution in [0.15, 0.2) is 17.5 Å². The van der Waals surface area contributed by atoms with Gasteiger partial charge in [-0.05, 0) is 32.9 Å². The van der Waals surface area contributed by atoms with Gasteiger partial charge in [0.25, 0.3) is 0 Å². The highest BCUT2D eigenvalue weighted by Gasteiger charge is 2.08. The number of carbonyl (C=O) groups excluding carboxylic acids is 1. The van der Waals surface area contributed by atoms with Gasteiger partial charge in [-0.3, -0.25) is 4.79 Å². The van der Waals surface area contributed by atoms with Gasteiger partial charge in [-0.25, -0.2) is 4.98 Å². The first-order chi connectivity index (χ1) is 8.06. The summed E-state index contributed by atoms with van der Waals surface area (Å²) in [6.45, 7) is 6.23. The number of rotatable bonds is 3. The zero-order valence-electron chi connectivity index (χ0n) is 10.2. The Balaban J connectivity index is 2.03. The van der Waals surface area contributed by atoms with E-state index in [9.17, 15) is 4.79 Å². The molecular formula is C12H15N3OS. The molecule has 2 heterocycles. The molecule has 1 N–H and O–H groups in total. The van der Waals surface area contributed by atoms with E-state index in [1.165, 1.54) is 11.3 Å². The molecule has 17 heavy (non-hydrogen) atoms. The van der Waals surface area contributed by atoms with Crippen LogP contribution in [0.3, 0.4) is 0 Å². The average Bonchev–Trinajstić information content (AvgIpc) is 2.79. The van der Waals surface area contributed by atoms with Crippen LogP contribution in [0, 0.1) is 20.8 Å². The molecule has 2 rings (SSSR count). The van der Waals surface area contributed by atoms with E-state index in [0.717, 1.165) is 17.1 Å². The van der Waals surface area contributed by atoms with E-state index in [0.29, 0.717) is 11.7 Å². The number of hydrogen-bond donors (Lipinski definition) is 1. The molecule has 0 aliphatic heterocycles. The highest BCUT2D eigenvalue weighted by molar-refractivity contribution is 7.13. The van der Waals surface area contributed by atoms with E-state index in [2.05, 4.69) is 10.3 Å². The Morgan fingerprint density at radius 3 is 2.53 bits per heavy atom. The van der Waals surface area contributed by atoms with Crippen molar-refractivity contribution < 1.29 is 4.79 Å². The summed E-state index contributed by atoms with van der Waals surface area (Å²) in [7, 11) is 0. The van der Waals surface area contributed by atoms with Crippen LogP contribution in [0.2, 0.25) is 0 Å². The largest absolute Gasteiger partial charge is 0.340 e. The molecule has 0 spiro atoms. The van der Waals surface area contributed by atoms with Gasteiger partial charge < -0.3 is 9.88 Å². The van der Waals surface area contributed by atoms with Gasteiger partial charge in [0, 0.05) is 16.8 Å². The van der Waals surface area contributed by atoms with E-state index < -0.39 is 0 Å². The quantitative estimate of drug-likeness (QED) is 0.908. The van der Waals surface area contributed by atoms with E-state index in [4.69, 9.17) is 0 Å². The van der Waals surface area contributed by atoms with Gasteiger partial charge in [0.05, 0.1) is 5.69 Å². The van der Waals surface area contributed by atoms with Crippen molar-refractivity contribution in [2.45, 2.75) is 27.3 Å². The maximum absolute atomic E-state index is 11.8. The highest BCUT2D eigenvalue weighted by atomic mass is 32.1. The third kappa shape index (κ3) is 2.74. The Bertz CT molecular complexity index is 522. The summed E-state index contributed by atoms with van der Waals surface area (Å²) in [5.41, 5.74) is 3.11. The van der Waals surface area contributed by atoms with Crippen molar-refractivity contribution in [2.24, 2.45) is 0 Å². The van der Waals surface area contributed by atoms with Crippen molar-refractivity contribution in [3.05, 3.63) is 34.6 Å². The van der Waals surface area contributed by atoms with Gasteiger partial charge in [0.1, 0.15) is 6.54 Å². The zero-order chi connectivity index (χ0) is 12.4. The number of aryl methyl sites for hydroxylation is 3. The van der Waals surface area contributed by atoms with E-state index >= 15 is 0 Å². The summed E-state index contributed by atoms with van der Waals surface area (Å²) >= 11 is 1.45. The first kappa shape index (κ1) is 11.9. The molecule has 2 aromatic heterocycles. The molecule has 0 aromatic carbocycles. The maximum atomic E-state index is 11.8. The summed E-state index contributed by atoms with van der Waals surface area (Å²) < 4.78 is 1.98. The van der Waals surface area contributed by atoms with Gasteiger partial charge in [-0.2, -0.15) is 0 Å².